The molecule has 0 heterocycles. The van der Waals surface area contributed by atoms with Crippen LogP contribution in [0.3, 0.4) is 0 Å². The highest BCUT2D eigenvalue weighted by atomic mass is 16.4. The van der Waals surface area contributed by atoms with E-state index in [1.165, 1.54) is 5.56 Å². The number of carbonyl (C=O) groups is 2. The van der Waals surface area contributed by atoms with Crippen molar-refractivity contribution in [1.82, 2.24) is 5.32 Å². The molecule has 0 fully saturated rings. The van der Waals surface area contributed by atoms with Gasteiger partial charge in [-0.15, -0.1) is 0 Å². The Morgan fingerprint density at radius 2 is 1.71 bits per heavy atom. The molecule has 0 saturated carbocycles. The lowest BCUT2D eigenvalue weighted by atomic mass is 9.90. The highest BCUT2D eigenvalue weighted by molar-refractivity contribution is 5.80. The Kier molecular flexibility index (Phi) is 7.92. The molecule has 0 radical (unpaired) electrons. The smallest absolute Gasteiger partial charge is 0.328 e. The van der Waals surface area contributed by atoms with Crippen LogP contribution >= 0.6 is 0 Å². The van der Waals surface area contributed by atoms with Crippen molar-refractivity contribution in [2.24, 2.45) is 5.92 Å². The van der Waals surface area contributed by atoms with Crippen molar-refractivity contribution in [2.45, 2.75) is 58.4 Å². The van der Waals surface area contributed by atoms with Gasteiger partial charge < -0.3 is 10.2 Å². The van der Waals surface area contributed by atoms with E-state index in [0.717, 1.165) is 24.8 Å². The zero-order valence-electron chi connectivity index (χ0n) is 14.8. The Balaban J connectivity index is 2.63. The van der Waals surface area contributed by atoms with Crippen LogP contribution in [0.15, 0.2) is 24.3 Å². The molecule has 0 aliphatic heterocycles. The van der Waals surface area contributed by atoms with E-state index in [0.29, 0.717) is 18.9 Å². The van der Waals surface area contributed by atoms with Crippen molar-refractivity contribution in [3.8, 4) is 0 Å². The fraction of sp³-hybridized carbons (Fsp3) is 0.579. The van der Waals surface area contributed by atoms with Gasteiger partial charge >= 0.3 is 11.9 Å². The Hall–Kier alpha value is -1.88. The van der Waals surface area contributed by atoms with Crippen LogP contribution in [-0.2, 0) is 21.5 Å². The van der Waals surface area contributed by atoms with E-state index in [1.807, 2.05) is 24.3 Å². The summed E-state index contributed by atoms with van der Waals surface area (Å²) >= 11 is 0. The number of carboxylic acid groups (broad SMARTS) is 2. The van der Waals surface area contributed by atoms with E-state index in [-0.39, 0.29) is 6.42 Å². The predicted molar refractivity (Wildman–Crippen MR) is 94.1 cm³/mol. The van der Waals surface area contributed by atoms with Crippen molar-refractivity contribution < 1.29 is 19.8 Å². The molecule has 1 aromatic rings. The summed E-state index contributed by atoms with van der Waals surface area (Å²) in [5.41, 5.74) is 0.798. The average molecular weight is 335 g/mol. The number of aliphatic carboxylic acids is 2. The molecular weight excluding hydrogens is 306 g/mol. The summed E-state index contributed by atoms with van der Waals surface area (Å²) in [5.74, 6) is -1.14. The SMILES string of the molecule is CC(C)Cc1ccc(C(C)(NCCCCCC(=O)O)C(=O)O)cc1. The number of benzene rings is 1. The summed E-state index contributed by atoms with van der Waals surface area (Å²) in [6.07, 6.45) is 3.27. The first-order valence-corrected chi connectivity index (χ1v) is 8.55. The minimum absolute atomic E-state index is 0.160. The van der Waals surface area contributed by atoms with Gasteiger partial charge in [-0.25, -0.2) is 4.79 Å². The van der Waals surface area contributed by atoms with Gasteiger partial charge in [0.2, 0.25) is 0 Å². The van der Waals surface area contributed by atoms with Crippen molar-refractivity contribution in [2.75, 3.05) is 6.54 Å². The van der Waals surface area contributed by atoms with Crippen LogP contribution in [-0.4, -0.2) is 28.7 Å². The first-order valence-electron chi connectivity index (χ1n) is 8.55. The van der Waals surface area contributed by atoms with E-state index in [2.05, 4.69) is 19.2 Å². The average Bonchev–Trinajstić information content (AvgIpc) is 2.50. The van der Waals surface area contributed by atoms with E-state index in [1.54, 1.807) is 6.92 Å². The largest absolute Gasteiger partial charge is 0.481 e. The fourth-order valence-corrected chi connectivity index (χ4v) is 2.66. The van der Waals surface area contributed by atoms with Crippen molar-refractivity contribution in [3.63, 3.8) is 0 Å². The highest BCUT2D eigenvalue weighted by Crippen LogP contribution is 2.22. The molecule has 1 rings (SSSR count). The van der Waals surface area contributed by atoms with Gasteiger partial charge in [-0.1, -0.05) is 44.5 Å². The monoisotopic (exact) mass is 335 g/mol. The first-order chi connectivity index (χ1) is 11.3. The molecule has 1 unspecified atom stereocenters. The van der Waals surface area contributed by atoms with Gasteiger partial charge in [-0.2, -0.15) is 0 Å². The molecule has 24 heavy (non-hydrogen) atoms. The summed E-state index contributed by atoms with van der Waals surface area (Å²) in [6, 6.07) is 7.74. The summed E-state index contributed by atoms with van der Waals surface area (Å²) in [7, 11) is 0. The minimum atomic E-state index is -1.14. The third kappa shape index (κ3) is 6.32. The second-order valence-corrected chi connectivity index (χ2v) is 6.86. The maximum Gasteiger partial charge on any atom is 0.328 e. The lowest BCUT2D eigenvalue weighted by Gasteiger charge is -2.27. The number of carboxylic acids is 2. The lowest BCUT2D eigenvalue weighted by Crippen LogP contribution is -2.47. The van der Waals surface area contributed by atoms with Gasteiger partial charge in [0, 0.05) is 6.42 Å². The third-order valence-corrected chi connectivity index (χ3v) is 4.15. The molecular formula is C19H29NO4. The van der Waals surface area contributed by atoms with E-state index in [4.69, 9.17) is 5.11 Å². The Morgan fingerprint density at radius 3 is 2.21 bits per heavy atom. The number of rotatable bonds is 11. The number of unbranched alkanes of at least 4 members (excludes halogenated alkanes) is 2. The van der Waals surface area contributed by atoms with Gasteiger partial charge in [0.25, 0.3) is 0 Å². The Bertz CT molecular complexity index is 539. The molecule has 0 amide bonds. The molecule has 0 aliphatic carbocycles. The van der Waals surface area contributed by atoms with E-state index < -0.39 is 17.5 Å². The summed E-state index contributed by atoms with van der Waals surface area (Å²) in [6.45, 7) is 6.52. The standard InChI is InChI=1S/C19H29NO4/c1-14(2)13-15-8-10-16(11-9-15)19(3,18(23)24)20-12-6-4-5-7-17(21)22/h8-11,14,20H,4-7,12-13H2,1-3H3,(H,21,22)(H,23,24). The van der Waals surface area contributed by atoms with Gasteiger partial charge in [-0.05, 0) is 49.8 Å². The van der Waals surface area contributed by atoms with Crippen LogP contribution in [0.2, 0.25) is 0 Å². The van der Waals surface area contributed by atoms with Crippen LogP contribution in [0.1, 0.15) is 57.6 Å². The molecule has 0 aliphatic rings. The van der Waals surface area contributed by atoms with Crippen molar-refractivity contribution in [3.05, 3.63) is 35.4 Å². The number of hydrogen-bond acceptors (Lipinski definition) is 3. The molecule has 0 aromatic heterocycles. The van der Waals surface area contributed by atoms with Crippen LogP contribution in [0.4, 0.5) is 0 Å². The van der Waals surface area contributed by atoms with Gasteiger partial charge in [0.1, 0.15) is 5.54 Å². The molecule has 134 valence electrons. The predicted octanol–water partition coefficient (Wildman–Crippen LogP) is 3.42. The summed E-state index contributed by atoms with van der Waals surface area (Å²) < 4.78 is 0. The zero-order valence-corrected chi connectivity index (χ0v) is 14.8. The molecule has 0 saturated heterocycles. The number of hydrogen-bond donors (Lipinski definition) is 3. The van der Waals surface area contributed by atoms with Crippen molar-refractivity contribution >= 4 is 11.9 Å². The van der Waals surface area contributed by atoms with Crippen LogP contribution in [0.5, 0.6) is 0 Å². The molecule has 1 aromatic carbocycles. The second kappa shape index (κ2) is 9.42. The third-order valence-electron chi connectivity index (χ3n) is 4.15. The molecule has 5 heteroatoms. The molecule has 1 atom stereocenters. The Morgan fingerprint density at radius 1 is 1.08 bits per heavy atom. The minimum Gasteiger partial charge on any atom is -0.481 e. The summed E-state index contributed by atoms with van der Waals surface area (Å²) in [4.78, 5) is 22.2. The topological polar surface area (TPSA) is 86.6 Å². The molecule has 3 N–H and O–H groups in total. The van der Waals surface area contributed by atoms with Gasteiger partial charge in [0.05, 0.1) is 0 Å². The molecule has 0 bridgehead atoms. The highest BCUT2D eigenvalue weighted by Gasteiger charge is 2.34. The lowest BCUT2D eigenvalue weighted by molar-refractivity contribution is -0.144. The normalized spacial score (nSPS) is 13.7. The zero-order chi connectivity index (χ0) is 18.2. The maximum atomic E-state index is 11.8. The van der Waals surface area contributed by atoms with Crippen LogP contribution in [0, 0.1) is 5.92 Å². The number of nitrogens with one attached hydrogen (secondary N) is 1. The van der Waals surface area contributed by atoms with Gasteiger partial charge in [-0.3, -0.25) is 10.1 Å². The maximum absolute atomic E-state index is 11.8. The second-order valence-electron chi connectivity index (χ2n) is 6.86. The van der Waals surface area contributed by atoms with Gasteiger partial charge in [0.15, 0.2) is 0 Å². The Labute approximate surface area is 144 Å². The first kappa shape index (κ1) is 20.2. The van der Waals surface area contributed by atoms with E-state index in [9.17, 15) is 14.7 Å². The quantitative estimate of drug-likeness (QED) is 0.539. The molecule has 5 nitrogen and oxygen atoms in total. The summed E-state index contributed by atoms with van der Waals surface area (Å²) in [5, 5.41) is 21.4. The molecule has 0 spiro atoms. The van der Waals surface area contributed by atoms with E-state index >= 15 is 0 Å². The van der Waals surface area contributed by atoms with Crippen molar-refractivity contribution in [1.29, 1.82) is 0 Å². The fourth-order valence-electron chi connectivity index (χ4n) is 2.66. The van der Waals surface area contributed by atoms with Crippen LogP contribution < -0.4 is 5.32 Å². The van der Waals surface area contributed by atoms with Crippen LogP contribution in [0.25, 0.3) is 0 Å².